The van der Waals surface area contributed by atoms with E-state index in [4.69, 9.17) is 19.9 Å². The Balaban J connectivity index is 1.74. The molecule has 1 aromatic carbocycles. The summed E-state index contributed by atoms with van der Waals surface area (Å²) >= 11 is 1.66. The Hall–Kier alpha value is -1.44. The average Bonchev–Trinajstić information content (AvgIpc) is 3.02. The highest BCUT2D eigenvalue weighted by Gasteiger charge is 2.17. The molecule has 2 heterocycles. The Bertz CT molecular complexity index is 614. The first-order valence-electron chi connectivity index (χ1n) is 6.46. The predicted molar refractivity (Wildman–Crippen MR) is 77.4 cm³/mol. The third-order valence-electron chi connectivity index (χ3n) is 3.06. The maximum absolute atomic E-state index is 5.39. The van der Waals surface area contributed by atoms with Gasteiger partial charge >= 0.3 is 0 Å². The number of thioether (sulfide) groups is 1. The van der Waals surface area contributed by atoms with Crippen molar-refractivity contribution in [1.29, 1.82) is 0 Å². The Morgan fingerprint density at radius 3 is 2.95 bits per heavy atom. The maximum atomic E-state index is 5.39. The quantitative estimate of drug-likeness (QED) is 0.641. The van der Waals surface area contributed by atoms with Gasteiger partial charge in [0, 0.05) is 31.5 Å². The lowest BCUT2D eigenvalue weighted by Gasteiger charge is -2.03. The van der Waals surface area contributed by atoms with Gasteiger partial charge < -0.3 is 24.5 Å². The van der Waals surface area contributed by atoms with Gasteiger partial charge in [-0.15, -0.1) is 0 Å². The molecule has 0 amide bonds. The second kappa shape index (κ2) is 5.90. The number of imidazole rings is 1. The van der Waals surface area contributed by atoms with Crippen LogP contribution >= 0.6 is 11.8 Å². The first kappa shape index (κ1) is 13.5. The fourth-order valence-electron chi connectivity index (χ4n) is 2.07. The largest absolute Gasteiger partial charge is 0.454 e. The first-order chi connectivity index (χ1) is 9.79. The standard InChI is InChI=1S/C13H17N3O3S/c1-16-10-7-12-11(18-8-19-12)6-9(10)15-13(16)20-5-4-17-3-2-14/h6-7H,2-5,8,14H2,1H3. The van der Waals surface area contributed by atoms with Crippen LogP contribution in [0.4, 0.5) is 0 Å². The van der Waals surface area contributed by atoms with Crippen LogP contribution in [0.1, 0.15) is 0 Å². The highest BCUT2D eigenvalue weighted by molar-refractivity contribution is 7.99. The van der Waals surface area contributed by atoms with E-state index in [1.54, 1.807) is 11.8 Å². The van der Waals surface area contributed by atoms with Gasteiger partial charge in [0.05, 0.1) is 24.2 Å². The molecule has 2 aromatic rings. The summed E-state index contributed by atoms with van der Waals surface area (Å²) in [7, 11) is 2.00. The fraction of sp³-hybridized carbons (Fsp3) is 0.462. The normalized spacial score (nSPS) is 13.3. The number of hydrogen-bond acceptors (Lipinski definition) is 6. The molecule has 0 saturated heterocycles. The Morgan fingerprint density at radius 2 is 2.15 bits per heavy atom. The van der Waals surface area contributed by atoms with Gasteiger partial charge in [-0.1, -0.05) is 11.8 Å². The molecule has 3 rings (SSSR count). The van der Waals surface area contributed by atoms with E-state index < -0.39 is 0 Å². The molecule has 0 unspecified atom stereocenters. The number of rotatable bonds is 6. The Morgan fingerprint density at radius 1 is 1.35 bits per heavy atom. The van der Waals surface area contributed by atoms with Crippen molar-refractivity contribution in [3.63, 3.8) is 0 Å². The van der Waals surface area contributed by atoms with Crippen LogP contribution in [-0.4, -0.2) is 41.9 Å². The van der Waals surface area contributed by atoms with Gasteiger partial charge in [0.15, 0.2) is 16.7 Å². The molecule has 7 heteroatoms. The van der Waals surface area contributed by atoms with Gasteiger partial charge in [-0.25, -0.2) is 4.98 Å². The minimum Gasteiger partial charge on any atom is -0.454 e. The number of nitrogens with two attached hydrogens (primary N) is 1. The van der Waals surface area contributed by atoms with E-state index in [9.17, 15) is 0 Å². The van der Waals surface area contributed by atoms with Crippen molar-refractivity contribution in [2.24, 2.45) is 12.8 Å². The van der Waals surface area contributed by atoms with E-state index >= 15 is 0 Å². The monoisotopic (exact) mass is 295 g/mol. The zero-order valence-electron chi connectivity index (χ0n) is 11.3. The molecule has 0 saturated carbocycles. The molecular formula is C13H17N3O3S. The highest BCUT2D eigenvalue weighted by atomic mass is 32.2. The van der Waals surface area contributed by atoms with E-state index in [0.717, 1.165) is 33.4 Å². The molecule has 0 radical (unpaired) electrons. The van der Waals surface area contributed by atoms with Gasteiger partial charge in [-0.2, -0.15) is 0 Å². The van der Waals surface area contributed by atoms with Crippen molar-refractivity contribution in [2.45, 2.75) is 5.16 Å². The summed E-state index contributed by atoms with van der Waals surface area (Å²) in [5, 5.41) is 0.958. The number of fused-ring (bicyclic) bond motifs is 2. The second-order valence-electron chi connectivity index (χ2n) is 4.40. The second-order valence-corrected chi connectivity index (χ2v) is 5.46. The number of aryl methyl sites for hydroxylation is 1. The Labute approximate surface area is 121 Å². The number of aromatic nitrogens is 2. The number of benzene rings is 1. The number of ether oxygens (including phenoxy) is 3. The van der Waals surface area contributed by atoms with E-state index in [1.165, 1.54) is 0 Å². The molecule has 0 bridgehead atoms. The zero-order chi connectivity index (χ0) is 13.9. The van der Waals surface area contributed by atoms with Crippen LogP contribution in [-0.2, 0) is 11.8 Å². The molecule has 20 heavy (non-hydrogen) atoms. The summed E-state index contributed by atoms with van der Waals surface area (Å²) in [6.45, 7) is 2.12. The summed E-state index contributed by atoms with van der Waals surface area (Å²) in [5.74, 6) is 2.39. The highest BCUT2D eigenvalue weighted by Crippen LogP contribution is 2.36. The summed E-state index contributed by atoms with van der Waals surface area (Å²) in [6, 6.07) is 3.90. The van der Waals surface area contributed by atoms with Crippen LogP contribution in [0.2, 0.25) is 0 Å². The lowest BCUT2D eigenvalue weighted by Crippen LogP contribution is -2.10. The lowest BCUT2D eigenvalue weighted by atomic mass is 10.3. The van der Waals surface area contributed by atoms with Crippen LogP contribution in [0, 0.1) is 0 Å². The predicted octanol–water partition coefficient (Wildman–Crippen LogP) is 1.37. The minimum atomic E-state index is 0.283. The summed E-state index contributed by atoms with van der Waals surface area (Å²) in [6.07, 6.45) is 0. The molecule has 0 atom stereocenters. The van der Waals surface area contributed by atoms with E-state index in [0.29, 0.717) is 19.8 Å². The molecule has 0 fully saturated rings. The minimum absolute atomic E-state index is 0.283. The molecular weight excluding hydrogens is 278 g/mol. The fourth-order valence-corrected chi connectivity index (χ4v) is 2.90. The van der Waals surface area contributed by atoms with Crippen LogP contribution in [0.15, 0.2) is 17.3 Å². The van der Waals surface area contributed by atoms with Crippen LogP contribution in [0.5, 0.6) is 11.5 Å². The van der Waals surface area contributed by atoms with E-state index in [1.807, 2.05) is 19.2 Å². The maximum Gasteiger partial charge on any atom is 0.231 e. The van der Waals surface area contributed by atoms with E-state index in [-0.39, 0.29) is 6.79 Å². The molecule has 6 nitrogen and oxygen atoms in total. The molecule has 108 valence electrons. The summed E-state index contributed by atoms with van der Waals surface area (Å²) < 4.78 is 18.2. The summed E-state index contributed by atoms with van der Waals surface area (Å²) in [4.78, 5) is 4.62. The van der Waals surface area contributed by atoms with Crippen LogP contribution in [0.25, 0.3) is 11.0 Å². The van der Waals surface area contributed by atoms with Crippen molar-refractivity contribution in [1.82, 2.24) is 9.55 Å². The Kier molecular flexibility index (Phi) is 4.00. The van der Waals surface area contributed by atoms with Gasteiger partial charge in [-0.3, -0.25) is 0 Å². The third-order valence-corrected chi connectivity index (χ3v) is 4.05. The number of nitrogens with zero attached hydrogens (tertiary/aromatic N) is 2. The van der Waals surface area contributed by atoms with Crippen molar-refractivity contribution < 1.29 is 14.2 Å². The SMILES string of the molecule is Cn1c(SCCOCCN)nc2cc3c(cc21)OCO3. The molecule has 2 N–H and O–H groups in total. The first-order valence-corrected chi connectivity index (χ1v) is 7.45. The molecule has 0 spiro atoms. The van der Waals surface area contributed by atoms with Gasteiger partial charge in [0.25, 0.3) is 0 Å². The van der Waals surface area contributed by atoms with Crippen molar-refractivity contribution in [3.05, 3.63) is 12.1 Å². The molecule has 1 aliphatic rings. The lowest BCUT2D eigenvalue weighted by molar-refractivity contribution is 0.158. The average molecular weight is 295 g/mol. The molecule has 1 aliphatic heterocycles. The van der Waals surface area contributed by atoms with Gasteiger partial charge in [0.2, 0.25) is 6.79 Å². The van der Waals surface area contributed by atoms with Crippen LogP contribution in [0.3, 0.4) is 0 Å². The summed E-state index contributed by atoms with van der Waals surface area (Å²) in [5.41, 5.74) is 7.33. The third kappa shape index (κ3) is 2.56. The topological polar surface area (TPSA) is 71.5 Å². The van der Waals surface area contributed by atoms with Crippen molar-refractivity contribution >= 4 is 22.8 Å². The van der Waals surface area contributed by atoms with Crippen molar-refractivity contribution in [2.75, 3.05) is 32.3 Å². The molecule has 1 aromatic heterocycles. The molecule has 0 aliphatic carbocycles. The van der Waals surface area contributed by atoms with Crippen molar-refractivity contribution in [3.8, 4) is 11.5 Å². The van der Waals surface area contributed by atoms with Gasteiger partial charge in [-0.05, 0) is 0 Å². The number of hydrogen-bond donors (Lipinski definition) is 1. The van der Waals surface area contributed by atoms with Gasteiger partial charge in [0.1, 0.15) is 0 Å². The van der Waals surface area contributed by atoms with E-state index in [2.05, 4.69) is 9.55 Å². The smallest absolute Gasteiger partial charge is 0.231 e. The zero-order valence-corrected chi connectivity index (χ0v) is 12.1. The van der Waals surface area contributed by atoms with Crippen LogP contribution < -0.4 is 15.2 Å².